The molecular formula is C15H21ClN4O2. The van der Waals surface area contributed by atoms with Crippen LogP contribution in [0.1, 0.15) is 26.2 Å². The van der Waals surface area contributed by atoms with Gasteiger partial charge in [-0.15, -0.1) is 12.4 Å². The summed E-state index contributed by atoms with van der Waals surface area (Å²) in [6.45, 7) is 5.70. The van der Waals surface area contributed by atoms with E-state index >= 15 is 0 Å². The van der Waals surface area contributed by atoms with E-state index < -0.39 is 6.04 Å². The summed E-state index contributed by atoms with van der Waals surface area (Å²) >= 11 is 0. The fraction of sp³-hybridized carbons (Fsp3) is 0.400. The molecule has 1 heterocycles. The van der Waals surface area contributed by atoms with E-state index in [4.69, 9.17) is 10.3 Å². The monoisotopic (exact) mass is 324 g/mol. The molecule has 2 rings (SSSR count). The van der Waals surface area contributed by atoms with E-state index in [9.17, 15) is 4.79 Å². The number of aryl methyl sites for hydroxylation is 1. The minimum atomic E-state index is -0.522. The SMILES string of the molecule is CCC(C)C(N)C(=O)Nc1cccc(-c2noc(C)n2)c1.Cl. The largest absolute Gasteiger partial charge is 0.339 e. The van der Waals surface area contributed by atoms with Gasteiger partial charge in [0, 0.05) is 18.2 Å². The second-order valence-corrected chi connectivity index (χ2v) is 5.12. The van der Waals surface area contributed by atoms with Crippen molar-refractivity contribution in [2.75, 3.05) is 5.32 Å². The molecule has 6 nitrogen and oxygen atoms in total. The molecule has 0 saturated carbocycles. The number of anilines is 1. The molecular weight excluding hydrogens is 304 g/mol. The molecule has 1 amide bonds. The van der Waals surface area contributed by atoms with Crippen molar-refractivity contribution in [2.24, 2.45) is 11.7 Å². The number of hydrogen-bond donors (Lipinski definition) is 2. The smallest absolute Gasteiger partial charge is 0.241 e. The van der Waals surface area contributed by atoms with E-state index in [1.54, 1.807) is 19.1 Å². The third-order valence-corrected chi connectivity index (χ3v) is 3.48. The van der Waals surface area contributed by atoms with Crippen molar-refractivity contribution < 1.29 is 9.32 Å². The number of carbonyl (C=O) groups excluding carboxylic acids is 1. The van der Waals surface area contributed by atoms with Crippen LogP contribution in [-0.2, 0) is 4.79 Å². The van der Waals surface area contributed by atoms with Crippen LogP contribution >= 0.6 is 12.4 Å². The number of carbonyl (C=O) groups is 1. The summed E-state index contributed by atoms with van der Waals surface area (Å²) in [6.07, 6.45) is 0.858. The van der Waals surface area contributed by atoms with Gasteiger partial charge in [-0.3, -0.25) is 4.79 Å². The summed E-state index contributed by atoms with van der Waals surface area (Å²) in [6, 6.07) is 6.76. The number of hydrogen-bond acceptors (Lipinski definition) is 5. The molecule has 2 unspecified atom stereocenters. The van der Waals surface area contributed by atoms with E-state index in [1.807, 2.05) is 26.0 Å². The lowest BCUT2D eigenvalue weighted by Gasteiger charge is -2.17. The van der Waals surface area contributed by atoms with Gasteiger partial charge in [0.25, 0.3) is 0 Å². The summed E-state index contributed by atoms with van der Waals surface area (Å²) < 4.78 is 4.96. The molecule has 0 aliphatic heterocycles. The lowest BCUT2D eigenvalue weighted by Crippen LogP contribution is -2.40. The number of rotatable bonds is 5. The Morgan fingerprint density at radius 3 is 2.77 bits per heavy atom. The Bertz CT molecular complexity index is 630. The standard InChI is InChI=1S/C15H20N4O2.ClH/c1-4-9(2)13(16)15(20)18-12-7-5-6-11(8-12)14-17-10(3)21-19-14;/h5-9,13H,4,16H2,1-3H3,(H,18,20);1H. The zero-order valence-corrected chi connectivity index (χ0v) is 13.7. The molecule has 1 aromatic heterocycles. The first-order chi connectivity index (χ1) is 10.0. The van der Waals surface area contributed by atoms with Crippen LogP contribution in [0, 0.1) is 12.8 Å². The maximum Gasteiger partial charge on any atom is 0.241 e. The van der Waals surface area contributed by atoms with Crippen LogP contribution in [0.2, 0.25) is 0 Å². The molecule has 3 N–H and O–H groups in total. The van der Waals surface area contributed by atoms with Crippen molar-refractivity contribution in [3.63, 3.8) is 0 Å². The molecule has 0 aliphatic carbocycles. The number of nitrogens with one attached hydrogen (secondary N) is 1. The molecule has 0 spiro atoms. The van der Waals surface area contributed by atoms with E-state index in [2.05, 4.69) is 15.5 Å². The maximum absolute atomic E-state index is 12.1. The zero-order valence-electron chi connectivity index (χ0n) is 12.9. The minimum Gasteiger partial charge on any atom is -0.339 e. The Labute approximate surface area is 135 Å². The van der Waals surface area contributed by atoms with E-state index in [0.717, 1.165) is 12.0 Å². The van der Waals surface area contributed by atoms with Crippen molar-refractivity contribution in [3.8, 4) is 11.4 Å². The summed E-state index contributed by atoms with van der Waals surface area (Å²) in [5, 5.41) is 6.68. The summed E-state index contributed by atoms with van der Waals surface area (Å²) in [5.41, 5.74) is 7.36. The van der Waals surface area contributed by atoms with Gasteiger partial charge in [0.05, 0.1) is 6.04 Å². The van der Waals surface area contributed by atoms with Gasteiger partial charge in [0.15, 0.2) is 0 Å². The molecule has 0 saturated heterocycles. The third kappa shape index (κ3) is 4.29. The van der Waals surface area contributed by atoms with Crippen LogP contribution in [0.15, 0.2) is 28.8 Å². The average Bonchev–Trinajstić information content (AvgIpc) is 2.92. The molecule has 0 fully saturated rings. The number of nitrogens with two attached hydrogens (primary N) is 1. The Morgan fingerprint density at radius 2 is 2.18 bits per heavy atom. The van der Waals surface area contributed by atoms with E-state index in [1.165, 1.54) is 0 Å². The number of amides is 1. The molecule has 120 valence electrons. The van der Waals surface area contributed by atoms with Crippen LogP contribution in [0.25, 0.3) is 11.4 Å². The highest BCUT2D eigenvalue weighted by Gasteiger charge is 2.19. The lowest BCUT2D eigenvalue weighted by molar-refractivity contribution is -0.118. The fourth-order valence-corrected chi connectivity index (χ4v) is 1.89. The van der Waals surface area contributed by atoms with Crippen LogP contribution in [0.4, 0.5) is 5.69 Å². The number of aromatic nitrogens is 2. The second kappa shape index (κ2) is 7.91. The molecule has 0 radical (unpaired) electrons. The van der Waals surface area contributed by atoms with Gasteiger partial charge in [-0.1, -0.05) is 37.6 Å². The molecule has 22 heavy (non-hydrogen) atoms. The Balaban J connectivity index is 0.00000242. The second-order valence-electron chi connectivity index (χ2n) is 5.12. The molecule has 0 aliphatic rings. The molecule has 0 bridgehead atoms. The first kappa shape index (κ1) is 18.1. The first-order valence-electron chi connectivity index (χ1n) is 6.98. The molecule has 7 heteroatoms. The summed E-state index contributed by atoms with van der Waals surface area (Å²) in [5.74, 6) is 0.937. The molecule has 2 aromatic rings. The number of nitrogens with zero attached hydrogens (tertiary/aromatic N) is 2. The lowest BCUT2D eigenvalue weighted by atomic mass is 9.99. The van der Waals surface area contributed by atoms with Crippen LogP contribution in [-0.4, -0.2) is 22.1 Å². The zero-order chi connectivity index (χ0) is 15.4. The van der Waals surface area contributed by atoms with Crippen molar-refractivity contribution in [1.29, 1.82) is 0 Å². The highest BCUT2D eigenvalue weighted by molar-refractivity contribution is 5.95. The van der Waals surface area contributed by atoms with Gasteiger partial charge in [-0.2, -0.15) is 4.98 Å². The fourth-order valence-electron chi connectivity index (χ4n) is 1.89. The van der Waals surface area contributed by atoms with E-state index in [0.29, 0.717) is 17.4 Å². The van der Waals surface area contributed by atoms with Crippen LogP contribution in [0.5, 0.6) is 0 Å². The first-order valence-corrected chi connectivity index (χ1v) is 6.98. The highest BCUT2D eigenvalue weighted by atomic mass is 35.5. The molecule has 1 aromatic carbocycles. The predicted octanol–water partition coefficient (Wildman–Crippen LogP) is 2.78. The third-order valence-electron chi connectivity index (χ3n) is 3.48. The summed E-state index contributed by atoms with van der Waals surface area (Å²) in [7, 11) is 0. The molecule has 2 atom stereocenters. The van der Waals surface area contributed by atoms with Crippen molar-refractivity contribution >= 4 is 24.0 Å². The number of benzene rings is 1. The summed E-state index contributed by atoms with van der Waals surface area (Å²) in [4.78, 5) is 16.2. The van der Waals surface area contributed by atoms with Gasteiger partial charge in [-0.05, 0) is 18.1 Å². The quantitative estimate of drug-likeness (QED) is 0.882. The van der Waals surface area contributed by atoms with Gasteiger partial charge in [0.1, 0.15) is 0 Å². The topological polar surface area (TPSA) is 94.0 Å². The highest BCUT2D eigenvalue weighted by Crippen LogP contribution is 2.20. The minimum absolute atomic E-state index is 0. The van der Waals surface area contributed by atoms with Crippen molar-refractivity contribution in [3.05, 3.63) is 30.2 Å². The van der Waals surface area contributed by atoms with Crippen LogP contribution < -0.4 is 11.1 Å². The van der Waals surface area contributed by atoms with Gasteiger partial charge < -0.3 is 15.6 Å². The van der Waals surface area contributed by atoms with Crippen LogP contribution in [0.3, 0.4) is 0 Å². The van der Waals surface area contributed by atoms with Gasteiger partial charge >= 0.3 is 0 Å². The van der Waals surface area contributed by atoms with E-state index in [-0.39, 0.29) is 24.2 Å². The average molecular weight is 325 g/mol. The van der Waals surface area contributed by atoms with Gasteiger partial charge in [0.2, 0.25) is 17.6 Å². The Kier molecular flexibility index (Phi) is 6.52. The maximum atomic E-state index is 12.1. The normalized spacial score (nSPS) is 13.1. The predicted molar refractivity (Wildman–Crippen MR) is 87.8 cm³/mol. The van der Waals surface area contributed by atoms with Crippen molar-refractivity contribution in [2.45, 2.75) is 33.2 Å². The number of halogens is 1. The Hall–Kier alpha value is -1.92. The van der Waals surface area contributed by atoms with Gasteiger partial charge in [-0.25, -0.2) is 0 Å². The Morgan fingerprint density at radius 1 is 1.45 bits per heavy atom. The van der Waals surface area contributed by atoms with Crippen molar-refractivity contribution in [1.82, 2.24) is 10.1 Å².